The van der Waals surface area contributed by atoms with E-state index in [0.29, 0.717) is 43.1 Å². The standard InChI is InChI=1S/C21H20Cl2N4O4S/c22-13-4-5-14(23)19(24)18(13)20(29)25-7-1-2-12-9-27(21(30)31-12)11-3-6-16-15(8-11)26-17(28)10-32-16/h3-6,8,12H,1-2,7,9-10,24H2,(H,25,29)(H,26,28). The minimum atomic E-state index is -0.438. The average molecular weight is 495 g/mol. The van der Waals surface area contributed by atoms with Gasteiger partial charge in [0.05, 0.1) is 39.3 Å². The summed E-state index contributed by atoms with van der Waals surface area (Å²) in [4.78, 5) is 38.9. The molecule has 0 spiro atoms. The molecular formula is C21H20Cl2N4O4S. The van der Waals surface area contributed by atoms with Crippen LogP contribution < -0.4 is 21.3 Å². The smallest absolute Gasteiger partial charge is 0.414 e. The Bertz CT molecular complexity index is 1100. The number of anilines is 3. The van der Waals surface area contributed by atoms with Crippen LogP contribution in [0.5, 0.6) is 0 Å². The number of amides is 3. The highest BCUT2D eigenvalue weighted by Crippen LogP contribution is 2.35. The number of benzene rings is 2. The number of fused-ring (bicyclic) bond motifs is 1. The molecule has 8 nitrogen and oxygen atoms in total. The zero-order valence-corrected chi connectivity index (χ0v) is 19.1. The lowest BCUT2D eigenvalue weighted by molar-refractivity contribution is -0.113. The van der Waals surface area contributed by atoms with E-state index in [2.05, 4.69) is 10.6 Å². The Morgan fingerprint density at radius 1 is 1.25 bits per heavy atom. The lowest BCUT2D eigenvalue weighted by Gasteiger charge is -2.20. The Morgan fingerprint density at radius 3 is 2.84 bits per heavy atom. The van der Waals surface area contributed by atoms with Crippen LogP contribution in [0.3, 0.4) is 0 Å². The second-order valence-electron chi connectivity index (χ2n) is 7.35. The van der Waals surface area contributed by atoms with Gasteiger partial charge >= 0.3 is 6.09 Å². The summed E-state index contributed by atoms with van der Waals surface area (Å²) in [5.41, 5.74) is 7.50. The van der Waals surface area contributed by atoms with Gasteiger partial charge in [-0.15, -0.1) is 11.8 Å². The van der Waals surface area contributed by atoms with Gasteiger partial charge < -0.3 is 21.1 Å². The number of nitrogens with zero attached hydrogens (tertiary/aromatic N) is 1. The van der Waals surface area contributed by atoms with E-state index in [0.717, 1.165) is 4.90 Å². The minimum absolute atomic E-state index is 0.0654. The molecule has 0 aromatic heterocycles. The van der Waals surface area contributed by atoms with Crippen molar-refractivity contribution in [1.29, 1.82) is 0 Å². The fourth-order valence-electron chi connectivity index (χ4n) is 3.54. The number of halogens is 2. The first-order valence-electron chi connectivity index (χ1n) is 9.90. The van der Waals surface area contributed by atoms with Gasteiger partial charge in [0.15, 0.2) is 0 Å². The van der Waals surface area contributed by atoms with Crippen molar-refractivity contribution in [1.82, 2.24) is 5.32 Å². The molecular weight excluding hydrogens is 475 g/mol. The van der Waals surface area contributed by atoms with E-state index >= 15 is 0 Å². The number of hydrogen-bond acceptors (Lipinski definition) is 6. The Hall–Kier alpha value is -2.62. The van der Waals surface area contributed by atoms with E-state index in [9.17, 15) is 14.4 Å². The molecule has 3 amide bonds. The summed E-state index contributed by atoms with van der Waals surface area (Å²) < 4.78 is 5.46. The predicted octanol–water partition coefficient (Wildman–Crippen LogP) is 4.16. The molecule has 2 heterocycles. The average Bonchev–Trinajstić information content (AvgIpc) is 3.14. The second-order valence-corrected chi connectivity index (χ2v) is 9.18. The van der Waals surface area contributed by atoms with Crippen LogP contribution in [-0.2, 0) is 9.53 Å². The van der Waals surface area contributed by atoms with Crippen LogP contribution in [0.2, 0.25) is 10.0 Å². The molecule has 4 rings (SSSR count). The summed E-state index contributed by atoms with van der Waals surface area (Å²) >= 11 is 13.5. The maximum Gasteiger partial charge on any atom is 0.414 e. The first-order valence-corrected chi connectivity index (χ1v) is 11.6. The van der Waals surface area contributed by atoms with Crippen molar-refractivity contribution >= 4 is 69.9 Å². The van der Waals surface area contributed by atoms with Crippen LogP contribution >= 0.6 is 35.0 Å². The van der Waals surface area contributed by atoms with Crippen molar-refractivity contribution in [3.8, 4) is 0 Å². The Labute approximate surface area is 198 Å². The molecule has 4 N–H and O–H groups in total. The van der Waals surface area contributed by atoms with E-state index < -0.39 is 12.0 Å². The number of ether oxygens (including phenoxy) is 1. The molecule has 0 radical (unpaired) electrons. The number of nitrogen functional groups attached to an aromatic ring is 1. The van der Waals surface area contributed by atoms with Crippen molar-refractivity contribution in [3.63, 3.8) is 0 Å². The largest absolute Gasteiger partial charge is 0.444 e. The van der Waals surface area contributed by atoms with Crippen LogP contribution in [0.25, 0.3) is 0 Å². The third kappa shape index (κ3) is 4.74. The fraction of sp³-hybridized carbons (Fsp3) is 0.286. The normalized spacial score (nSPS) is 17.6. The van der Waals surface area contributed by atoms with E-state index in [4.69, 9.17) is 33.7 Å². The molecule has 2 aliphatic rings. The maximum absolute atomic E-state index is 12.4. The van der Waals surface area contributed by atoms with Gasteiger partial charge in [0.2, 0.25) is 5.91 Å². The highest BCUT2D eigenvalue weighted by molar-refractivity contribution is 8.00. The molecule has 0 saturated carbocycles. The third-order valence-corrected chi connectivity index (χ3v) is 6.86. The molecule has 168 valence electrons. The van der Waals surface area contributed by atoms with Gasteiger partial charge in [-0.3, -0.25) is 14.5 Å². The Morgan fingerprint density at radius 2 is 2.03 bits per heavy atom. The lowest BCUT2D eigenvalue weighted by atomic mass is 10.1. The van der Waals surface area contributed by atoms with Gasteiger partial charge in [0.25, 0.3) is 5.91 Å². The molecule has 1 saturated heterocycles. The number of cyclic esters (lactones) is 1. The fourth-order valence-corrected chi connectivity index (χ4v) is 4.74. The zero-order chi connectivity index (χ0) is 22.8. The molecule has 2 aromatic carbocycles. The highest BCUT2D eigenvalue weighted by Gasteiger charge is 2.32. The number of hydrogen-bond donors (Lipinski definition) is 3. The van der Waals surface area contributed by atoms with Crippen molar-refractivity contribution < 1.29 is 19.1 Å². The second kappa shape index (κ2) is 9.48. The number of carbonyl (C=O) groups is 3. The zero-order valence-electron chi connectivity index (χ0n) is 16.8. The summed E-state index contributed by atoms with van der Waals surface area (Å²) in [6.45, 7) is 0.747. The monoisotopic (exact) mass is 494 g/mol. The molecule has 1 unspecified atom stereocenters. The summed E-state index contributed by atoms with van der Waals surface area (Å²) in [6, 6.07) is 8.56. The summed E-state index contributed by atoms with van der Waals surface area (Å²) in [5, 5.41) is 6.08. The van der Waals surface area contributed by atoms with Crippen molar-refractivity contribution in [2.75, 3.05) is 34.8 Å². The highest BCUT2D eigenvalue weighted by atomic mass is 35.5. The molecule has 11 heteroatoms. The van der Waals surface area contributed by atoms with Crippen LogP contribution in [0, 0.1) is 0 Å². The lowest BCUT2D eigenvalue weighted by Crippen LogP contribution is -2.27. The SMILES string of the molecule is Nc1c(Cl)ccc(Cl)c1C(=O)NCCCC1CN(c2ccc3c(c2)NC(=O)CS3)C(=O)O1. The first-order chi connectivity index (χ1) is 15.3. The molecule has 2 aromatic rings. The molecule has 32 heavy (non-hydrogen) atoms. The molecule has 2 aliphatic heterocycles. The van der Waals surface area contributed by atoms with Crippen molar-refractivity contribution in [2.45, 2.75) is 23.8 Å². The van der Waals surface area contributed by atoms with Crippen molar-refractivity contribution in [3.05, 3.63) is 45.9 Å². The van der Waals surface area contributed by atoms with Gasteiger partial charge in [-0.05, 0) is 43.2 Å². The van der Waals surface area contributed by atoms with Crippen LogP contribution in [0.4, 0.5) is 21.9 Å². The van der Waals surface area contributed by atoms with Gasteiger partial charge in [-0.25, -0.2) is 4.79 Å². The van der Waals surface area contributed by atoms with E-state index in [1.54, 1.807) is 11.0 Å². The Balaban J connectivity index is 1.30. The van der Waals surface area contributed by atoms with Gasteiger partial charge in [-0.2, -0.15) is 0 Å². The number of nitrogens with one attached hydrogen (secondary N) is 2. The van der Waals surface area contributed by atoms with Crippen LogP contribution in [0.15, 0.2) is 35.2 Å². The quantitative estimate of drug-likeness (QED) is 0.410. The van der Waals surface area contributed by atoms with Gasteiger partial charge in [0, 0.05) is 17.1 Å². The molecule has 1 atom stereocenters. The van der Waals surface area contributed by atoms with E-state index in [1.807, 2.05) is 12.1 Å². The number of rotatable bonds is 6. The third-order valence-electron chi connectivity index (χ3n) is 5.14. The van der Waals surface area contributed by atoms with Crippen LogP contribution in [0.1, 0.15) is 23.2 Å². The maximum atomic E-state index is 12.4. The molecule has 0 aliphatic carbocycles. The van der Waals surface area contributed by atoms with E-state index in [1.165, 1.54) is 23.9 Å². The number of nitrogens with two attached hydrogens (primary N) is 1. The number of thioether (sulfide) groups is 1. The van der Waals surface area contributed by atoms with Crippen molar-refractivity contribution in [2.24, 2.45) is 0 Å². The topological polar surface area (TPSA) is 114 Å². The Kier molecular flexibility index (Phi) is 6.68. The predicted molar refractivity (Wildman–Crippen MR) is 126 cm³/mol. The van der Waals surface area contributed by atoms with Gasteiger partial charge in [-0.1, -0.05) is 23.2 Å². The first kappa shape index (κ1) is 22.6. The number of carbonyl (C=O) groups excluding carboxylic acids is 3. The molecule has 0 bridgehead atoms. The molecule has 1 fully saturated rings. The van der Waals surface area contributed by atoms with Crippen LogP contribution in [-0.4, -0.2) is 42.9 Å². The van der Waals surface area contributed by atoms with Gasteiger partial charge in [0.1, 0.15) is 6.10 Å². The summed E-state index contributed by atoms with van der Waals surface area (Å²) in [7, 11) is 0. The van der Waals surface area contributed by atoms with E-state index in [-0.39, 0.29) is 33.3 Å². The minimum Gasteiger partial charge on any atom is -0.444 e. The summed E-state index contributed by atoms with van der Waals surface area (Å²) in [6.07, 6.45) is 0.414. The summed E-state index contributed by atoms with van der Waals surface area (Å²) in [5.74, 6) is -0.0919.